The van der Waals surface area contributed by atoms with Crippen molar-refractivity contribution >= 4 is 5.91 Å². The van der Waals surface area contributed by atoms with Crippen molar-refractivity contribution in [1.82, 2.24) is 24.6 Å². The Labute approximate surface area is 176 Å². The molecule has 3 rings (SSSR count). The first-order chi connectivity index (χ1) is 14.0. The maximum Gasteiger partial charge on any atom is 0.222 e. The van der Waals surface area contributed by atoms with Gasteiger partial charge in [-0.05, 0) is 77.0 Å². The molecule has 2 aliphatic heterocycles. The average Bonchev–Trinajstić information content (AvgIpc) is 3.25. The highest BCUT2D eigenvalue weighted by molar-refractivity contribution is 5.75. The molecule has 0 radical (unpaired) electrons. The topological polar surface area (TPSA) is 42.9 Å². The van der Waals surface area contributed by atoms with Gasteiger partial charge >= 0.3 is 0 Å². The van der Waals surface area contributed by atoms with Gasteiger partial charge in [0.05, 0.1) is 0 Å². The Kier molecular flexibility index (Phi) is 8.45. The summed E-state index contributed by atoms with van der Waals surface area (Å²) in [7, 11) is 6.05. The molecule has 0 aliphatic carbocycles. The van der Waals surface area contributed by atoms with E-state index in [-0.39, 0.29) is 5.91 Å². The number of likely N-dealkylation sites (tertiary alicyclic amines) is 2. The lowest BCUT2D eigenvalue weighted by atomic mass is 9.86. The number of carbonyl (C=O) groups excluding carboxylic acids is 1. The van der Waals surface area contributed by atoms with Gasteiger partial charge < -0.3 is 14.7 Å². The number of pyridine rings is 1. The molecule has 0 aromatic carbocycles. The number of hydrogen-bond acceptors (Lipinski definition) is 5. The highest BCUT2D eigenvalue weighted by atomic mass is 16.2. The summed E-state index contributed by atoms with van der Waals surface area (Å²) in [6, 6.07) is 4.83. The lowest BCUT2D eigenvalue weighted by Gasteiger charge is -2.43. The standard InChI is InChI=1S/C23H39N5O/c1-25(2)15-16-26(3)23(29)9-8-21-19-27(18-20-7-6-11-24-17-20)14-10-22(21)28-12-4-5-13-28/h6-7,11,17,21-22H,4-5,8-10,12-16,18-19H2,1-3H3/t21-,22+/m0/s1. The Morgan fingerprint density at radius 1 is 1.17 bits per heavy atom. The van der Waals surface area contributed by atoms with Crippen LogP contribution < -0.4 is 0 Å². The molecule has 1 amide bonds. The van der Waals surface area contributed by atoms with Crippen molar-refractivity contribution < 1.29 is 4.79 Å². The maximum absolute atomic E-state index is 12.7. The van der Waals surface area contributed by atoms with Crippen molar-refractivity contribution in [3.63, 3.8) is 0 Å². The first kappa shape index (κ1) is 22.2. The smallest absolute Gasteiger partial charge is 0.222 e. The SMILES string of the molecule is CN(C)CCN(C)C(=O)CC[C@H]1CN(Cc2cccnc2)CC[C@H]1N1CCCC1. The number of rotatable bonds is 9. The largest absolute Gasteiger partial charge is 0.344 e. The third-order valence-electron chi connectivity index (χ3n) is 6.55. The summed E-state index contributed by atoms with van der Waals surface area (Å²) < 4.78 is 0. The second-order valence-electron chi connectivity index (χ2n) is 9.11. The van der Waals surface area contributed by atoms with Crippen LogP contribution in [0.4, 0.5) is 0 Å². The quantitative estimate of drug-likeness (QED) is 0.634. The monoisotopic (exact) mass is 401 g/mol. The summed E-state index contributed by atoms with van der Waals surface area (Å²) in [6.07, 6.45) is 9.35. The van der Waals surface area contributed by atoms with E-state index in [1.807, 2.05) is 30.4 Å². The van der Waals surface area contributed by atoms with Crippen LogP contribution in [0.3, 0.4) is 0 Å². The van der Waals surface area contributed by atoms with Crippen LogP contribution in [0.25, 0.3) is 0 Å². The normalized spacial score (nSPS) is 23.6. The Balaban J connectivity index is 1.56. The molecule has 0 bridgehead atoms. The first-order valence-corrected chi connectivity index (χ1v) is 11.3. The maximum atomic E-state index is 12.7. The summed E-state index contributed by atoms with van der Waals surface area (Å²) in [4.78, 5) is 26.2. The average molecular weight is 402 g/mol. The summed E-state index contributed by atoms with van der Waals surface area (Å²) in [5.41, 5.74) is 1.28. The summed E-state index contributed by atoms with van der Waals surface area (Å²) in [5.74, 6) is 0.862. The van der Waals surface area contributed by atoms with E-state index in [0.29, 0.717) is 18.4 Å². The first-order valence-electron chi connectivity index (χ1n) is 11.3. The van der Waals surface area contributed by atoms with Crippen LogP contribution in [0.5, 0.6) is 0 Å². The zero-order valence-corrected chi connectivity index (χ0v) is 18.6. The van der Waals surface area contributed by atoms with Gasteiger partial charge in [0.25, 0.3) is 0 Å². The van der Waals surface area contributed by atoms with Crippen molar-refractivity contribution in [3.8, 4) is 0 Å². The Morgan fingerprint density at radius 3 is 2.66 bits per heavy atom. The predicted molar refractivity (Wildman–Crippen MR) is 118 cm³/mol. The second kappa shape index (κ2) is 11.0. The molecule has 162 valence electrons. The van der Waals surface area contributed by atoms with Crippen molar-refractivity contribution in [2.24, 2.45) is 5.92 Å². The van der Waals surface area contributed by atoms with Gasteiger partial charge in [-0.3, -0.25) is 14.7 Å². The van der Waals surface area contributed by atoms with E-state index in [2.05, 4.69) is 39.8 Å². The molecule has 0 spiro atoms. The Bertz CT molecular complexity index is 617. The van der Waals surface area contributed by atoms with Crippen molar-refractivity contribution in [1.29, 1.82) is 0 Å². The molecule has 0 N–H and O–H groups in total. The van der Waals surface area contributed by atoms with Gasteiger partial charge in [0, 0.05) is 58.1 Å². The molecule has 2 aliphatic rings. The fourth-order valence-corrected chi connectivity index (χ4v) is 4.80. The Morgan fingerprint density at radius 2 is 1.97 bits per heavy atom. The molecule has 1 aromatic heterocycles. The summed E-state index contributed by atoms with van der Waals surface area (Å²) in [5, 5.41) is 0. The zero-order valence-electron chi connectivity index (χ0n) is 18.6. The van der Waals surface area contributed by atoms with E-state index in [1.54, 1.807) is 0 Å². The van der Waals surface area contributed by atoms with Gasteiger partial charge in [0.15, 0.2) is 0 Å². The number of amides is 1. The van der Waals surface area contributed by atoms with E-state index in [4.69, 9.17) is 0 Å². The van der Waals surface area contributed by atoms with Crippen LogP contribution in [0.1, 0.15) is 37.7 Å². The highest BCUT2D eigenvalue weighted by Crippen LogP contribution is 2.29. The van der Waals surface area contributed by atoms with Crippen LogP contribution >= 0.6 is 0 Å². The summed E-state index contributed by atoms with van der Waals surface area (Å²) >= 11 is 0. The molecule has 2 atom stereocenters. The van der Waals surface area contributed by atoms with Crippen molar-refractivity contribution in [2.75, 3.05) is 60.4 Å². The molecule has 2 saturated heterocycles. The van der Waals surface area contributed by atoms with Crippen LogP contribution in [0.15, 0.2) is 24.5 Å². The van der Waals surface area contributed by atoms with Crippen LogP contribution in [0.2, 0.25) is 0 Å². The molecule has 2 fully saturated rings. The lowest BCUT2D eigenvalue weighted by Crippen LogP contribution is -2.50. The van der Waals surface area contributed by atoms with Gasteiger partial charge in [0.1, 0.15) is 0 Å². The van der Waals surface area contributed by atoms with Crippen molar-refractivity contribution in [3.05, 3.63) is 30.1 Å². The second-order valence-corrected chi connectivity index (χ2v) is 9.11. The molecule has 3 heterocycles. The van der Waals surface area contributed by atoms with Crippen LogP contribution in [-0.2, 0) is 11.3 Å². The minimum atomic E-state index is 0.288. The van der Waals surface area contributed by atoms with Gasteiger partial charge in [-0.25, -0.2) is 0 Å². The molecule has 0 saturated carbocycles. The third kappa shape index (κ3) is 6.76. The minimum absolute atomic E-state index is 0.288. The number of nitrogens with zero attached hydrogens (tertiary/aromatic N) is 5. The van der Waals surface area contributed by atoms with E-state index in [9.17, 15) is 4.79 Å². The van der Waals surface area contributed by atoms with Gasteiger partial charge in [-0.1, -0.05) is 6.07 Å². The van der Waals surface area contributed by atoms with Gasteiger partial charge in [-0.2, -0.15) is 0 Å². The van der Waals surface area contributed by atoms with Crippen molar-refractivity contribution in [2.45, 2.75) is 44.7 Å². The third-order valence-corrected chi connectivity index (χ3v) is 6.55. The lowest BCUT2D eigenvalue weighted by molar-refractivity contribution is -0.130. The number of likely N-dealkylation sites (N-methyl/N-ethyl adjacent to an activating group) is 2. The molecular formula is C23H39N5O. The van der Waals surface area contributed by atoms with Gasteiger partial charge in [0.2, 0.25) is 5.91 Å². The molecular weight excluding hydrogens is 362 g/mol. The molecule has 6 nitrogen and oxygen atoms in total. The molecule has 0 unspecified atom stereocenters. The number of hydrogen-bond donors (Lipinski definition) is 0. The zero-order chi connectivity index (χ0) is 20.6. The van der Waals surface area contributed by atoms with E-state index >= 15 is 0 Å². The summed E-state index contributed by atoms with van der Waals surface area (Å²) in [6.45, 7) is 7.39. The highest BCUT2D eigenvalue weighted by Gasteiger charge is 2.34. The van der Waals surface area contributed by atoms with E-state index < -0.39 is 0 Å². The number of piperidine rings is 1. The fraction of sp³-hybridized carbons (Fsp3) is 0.739. The molecule has 6 heteroatoms. The minimum Gasteiger partial charge on any atom is -0.344 e. The predicted octanol–water partition coefficient (Wildman–Crippen LogP) is 2.17. The number of carbonyl (C=O) groups is 1. The fourth-order valence-electron chi connectivity index (χ4n) is 4.80. The van der Waals surface area contributed by atoms with Gasteiger partial charge in [-0.15, -0.1) is 0 Å². The molecule has 29 heavy (non-hydrogen) atoms. The molecule has 1 aromatic rings. The van der Waals surface area contributed by atoms with E-state index in [0.717, 1.165) is 39.1 Å². The van der Waals surface area contributed by atoms with E-state index in [1.165, 1.54) is 37.9 Å². The van der Waals surface area contributed by atoms with Crippen LogP contribution in [-0.4, -0.2) is 96.9 Å². The van der Waals surface area contributed by atoms with Crippen LogP contribution in [0, 0.1) is 5.92 Å². The Hall–Kier alpha value is -1.50. The number of aromatic nitrogens is 1.